The van der Waals surface area contributed by atoms with Crippen LogP contribution in [0.15, 0.2) is 30.5 Å². The molecule has 0 aliphatic carbocycles. The van der Waals surface area contributed by atoms with Crippen LogP contribution in [0, 0.1) is 0 Å². The molecule has 5 rings (SSSR count). The normalized spacial score (nSPS) is 22.3. The van der Waals surface area contributed by atoms with Crippen LogP contribution in [0.4, 0.5) is 11.5 Å². The number of nitrogens with zero attached hydrogens (tertiary/aromatic N) is 5. The maximum absolute atomic E-state index is 5.84. The number of hydrogen-bond acceptors (Lipinski definition) is 6. The summed E-state index contributed by atoms with van der Waals surface area (Å²) in [5, 5.41) is 5.54. The summed E-state index contributed by atoms with van der Waals surface area (Å²) in [6.07, 6.45) is 4.19. The molecule has 2 unspecified atom stereocenters. The second kappa shape index (κ2) is 5.95. The lowest BCUT2D eigenvalue weighted by Crippen LogP contribution is -2.46. The number of benzene rings is 1. The Morgan fingerprint density at radius 3 is 2.54 bits per heavy atom. The van der Waals surface area contributed by atoms with E-state index < -0.39 is 0 Å². The quantitative estimate of drug-likeness (QED) is 0.731. The van der Waals surface area contributed by atoms with E-state index in [-0.39, 0.29) is 0 Å². The molecule has 2 aliphatic heterocycles. The van der Waals surface area contributed by atoms with Gasteiger partial charge < -0.3 is 15.4 Å². The number of anilines is 2. The Kier molecular flexibility index (Phi) is 3.56. The largest absolute Gasteiger partial charge is 0.399 e. The van der Waals surface area contributed by atoms with Crippen molar-refractivity contribution in [3.63, 3.8) is 0 Å². The topological polar surface area (TPSA) is 82.1 Å². The van der Waals surface area contributed by atoms with Crippen molar-refractivity contribution < 1.29 is 4.74 Å². The number of nitrogens with two attached hydrogens (primary N) is 1. The number of aryl methyl sites for hydroxylation is 1. The molecule has 2 atom stereocenters. The van der Waals surface area contributed by atoms with Crippen molar-refractivity contribution in [1.82, 2.24) is 19.7 Å². The number of fused-ring (bicyclic) bond motifs is 3. The van der Waals surface area contributed by atoms with Gasteiger partial charge in [0, 0.05) is 17.8 Å². The summed E-state index contributed by atoms with van der Waals surface area (Å²) >= 11 is 0. The van der Waals surface area contributed by atoms with E-state index in [0.29, 0.717) is 17.9 Å². The number of rotatable bonds is 3. The Hall–Kier alpha value is -2.67. The summed E-state index contributed by atoms with van der Waals surface area (Å²) in [6.45, 7) is 4.38. The van der Waals surface area contributed by atoms with Crippen molar-refractivity contribution in [3.8, 4) is 11.4 Å². The van der Waals surface area contributed by atoms with Crippen LogP contribution in [-0.4, -0.2) is 45.0 Å². The smallest absolute Gasteiger partial charge is 0.164 e. The zero-order valence-electron chi connectivity index (χ0n) is 14.8. The van der Waals surface area contributed by atoms with Gasteiger partial charge in [-0.1, -0.05) is 0 Å². The third-order valence-corrected chi connectivity index (χ3v) is 5.43. The molecule has 134 valence electrons. The van der Waals surface area contributed by atoms with Gasteiger partial charge in [0.1, 0.15) is 5.82 Å². The lowest BCUT2D eigenvalue weighted by Gasteiger charge is -2.36. The Morgan fingerprint density at radius 1 is 1.12 bits per heavy atom. The molecular formula is C19H22N6O. The van der Waals surface area contributed by atoms with Crippen LogP contribution >= 0.6 is 0 Å². The Bertz CT molecular complexity index is 935. The van der Waals surface area contributed by atoms with E-state index in [4.69, 9.17) is 20.4 Å². The lowest BCUT2D eigenvalue weighted by atomic mass is 10.2. The number of morpholine rings is 1. The van der Waals surface area contributed by atoms with Crippen molar-refractivity contribution in [2.75, 3.05) is 23.8 Å². The van der Waals surface area contributed by atoms with E-state index >= 15 is 0 Å². The molecule has 2 bridgehead atoms. The summed E-state index contributed by atoms with van der Waals surface area (Å²) in [5.74, 6) is 1.70. The highest BCUT2D eigenvalue weighted by Gasteiger charge is 2.39. The lowest BCUT2D eigenvalue weighted by molar-refractivity contribution is 0.0904. The average molecular weight is 350 g/mol. The molecule has 0 spiro atoms. The van der Waals surface area contributed by atoms with Crippen LogP contribution in [0.25, 0.3) is 22.4 Å². The first-order valence-corrected chi connectivity index (χ1v) is 9.20. The zero-order chi connectivity index (χ0) is 17.7. The van der Waals surface area contributed by atoms with Gasteiger partial charge in [-0.3, -0.25) is 0 Å². The van der Waals surface area contributed by atoms with Gasteiger partial charge in [0.25, 0.3) is 0 Å². The van der Waals surface area contributed by atoms with E-state index in [9.17, 15) is 0 Å². The zero-order valence-corrected chi connectivity index (χ0v) is 14.8. The van der Waals surface area contributed by atoms with Crippen molar-refractivity contribution >= 4 is 22.5 Å². The van der Waals surface area contributed by atoms with Crippen molar-refractivity contribution in [1.29, 1.82) is 0 Å². The van der Waals surface area contributed by atoms with Crippen LogP contribution in [0.3, 0.4) is 0 Å². The predicted octanol–water partition coefficient (Wildman–Crippen LogP) is 2.46. The van der Waals surface area contributed by atoms with E-state index in [1.165, 1.54) is 0 Å². The molecule has 26 heavy (non-hydrogen) atoms. The van der Waals surface area contributed by atoms with E-state index in [1.54, 1.807) is 0 Å². The van der Waals surface area contributed by atoms with E-state index in [1.807, 2.05) is 35.1 Å². The first-order chi connectivity index (χ1) is 12.7. The van der Waals surface area contributed by atoms with Gasteiger partial charge in [-0.05, 0) is 44.0 Å². The molecule has 7 heteroatoms. The van der Waals surface area contributed by atoms with Crippen LogP contribution in [0.5, 0.6) is 0 Å². The molecule has 0 radical (unpaired) electrons. The van der Waals surface area contributed by atoms with Crippen molar-refractivity contribution in [2.45, 2.75) is 38.4 Å². The van der Waals surface area contributed by atoms with Gasteiger partial charge in [0.15, 0.2) is 11.5 Å². The highest BCUT2D eigenvalue weighted by molar-refractivity contribution is 5.89. The van der Waals surface area contributed by atoms with Gasteiger partial charge in [-0.2, -0.15) is 5.10 Å². The number of aromatic nitrogens is 4. The third-order valence-electron chi connectivity index (χ3n) is 5.43. The van der Waals surface area contributed by atoms with Gasteiger partial charge in [0.05, 0.1) is 36.9 Å². The molecule has 7 nitrogen and oxygen atoms in total. The van der Waals surface area contributed by atoms with Gasteiger partial charge >= 0.3 is 0 Å². The fourth-order valence-electron chi connectivity index (χ4n) is 4.10. The Morgan fingerprint density at radius 2 is 1.85 bits per heavy atom. The molecule has 2 aliphatic rings. The van der Waals surface area contributed by atoms with Crippen LogP contribution in [0.2, 0.25) is 0 Å². The molecule has 2 fully saturated rings. The monoisotopic (exact) mass is 350 g/mol. The molecule has 4 heterocycles. The molecular weight excluding hydrogens is 328 g/mol. The van der Waals surface area contributed by atoms with E-state index in [2.05, 4.69) is 16.9 Å². The highest BCUT2D eigenvalue weighted by atomic mass is 16.5. The summed E-state index contributed by atoms with van der Waals surface area (Å²) in [5.41, 5.74) is 8.42. The minimum absolute atomic E-state index is 0.385. The number of nitrogen functional groups attached to an aromatic ring is 1. The first-order valence-electron chi connectivity index (χ1n) is 9.20. The molecule has 0 saturated carbocycles. The maximum atomic E-state index is 5.84. The fourth-order valence-corrected chi connectivity index (χ4v) is 4.10. The van der Waals surface area contributed by atoms with Crippen LogP contribution in [-0.2, 0) is 11.3 Å². The average Bonchev–Trinajstić information content (AvgIpc) is 3.19. The highest BCUT2D eigenvalue weighted by Crippen LogP contribution is 2.37. The maximum Gasteiger partial charge on any atom is 0.164 e. The Balaban J connectivity index is 1.71. The Labute approximate surface area is 151 Å². The molecule has 0 amide bonds. The predicted molar refractivity (Wildman–Crippen MR) is 101 cm³/mol. The van der Waals surface area contributed by atoms with Crippen LogP contribution < -0.4 is 10.6 Å². The third kappa shape index (κ3) is 2.34. The molecule has 3 aromatic rings. The van der Waals surface area contributed by atoms with Crippen LogP contribution in [0.1, 0.15) is 19.8 Å². The second-order valence-electron chi connectivity index (χ2n) is 7.02. The van der Waals surface area contributed by atoms with Gasteiger partial charge in [-0.25, -0.2) is 14.6 Å². The molecule has 2 aromatic heterocycles. The molecule has 1 aromatic carbocycles. The standard InChI is InChI=1S/C19H22N6O/c1-2-24-18-16(9-21-24)19(25-14-7-8-15(25)11-26-10-14)23-17(22-18)12-3-5-13(20)6-4-12/h3-6,9,14-15H,2,7-8,10-11,20H2,1H3. The summed E-state index contributed by atoms with van der Waals surface area (Å²) in [4.78, 5) is 12.2. The molecule has 2 N–H and O–H groups in total. The number of hydrogen-bond donors (Lipinski definition) is 1. The summed E-state index contributed by atoms with van der Waals surface area (Å²) in [7, 11) is 0. The van der Waals surface area contributed by atoms with Gasteiger partial charge in [-0.15, -0.1) is 0 Å². The number of ether oxygens (including phenoxy) is 1. The molecule has 2 saturated heterocycles. The summed E-state index contributed by atoms with van der Waals surface area (Å²) < 4.78 is 7.69. The van der Waals surface area contributed by atoms with Crippen molar-refractivity contribution in [2.24, 2.45) is 0 Å². The summed E-state index contributed by atoms with van der Waals surface area (Å²) in [6, 6.07) is 8.49. The van der Waals surface area contributed by atoms with Gasteiger partial charge in [0.2, 0.25) is 0 Å². The van der Waals surface area contributed by atoms with Crippen molar-refractivity contribution in [3.05, 3.63) is 30.5 Å². The fraction of sp³-hybridized carbons (Fsp3) is 0.421. The minimum Gasteiger partial charge on any atom is -0.399 e. The second-order valence-corrected chi connectivity index (χ2v) is 7.02. The minimum atomic E-state index is 0.385. The SMILES string of the molecule is CCn1ncc2c(N3C4CCC3COC4)nc(-c3ccc(N)cc3)nc21. The van der Waals surface area contributed by atoms with E-state index in [0.717, 1.165) is 60.7 Å². The first kappa shape index (κ1) is 15.6.